The Hall–Kier alpha value is -0.0400. The maximum Gasteiger partial charge on any atom is -0.00179 e. The molecule has 1 N–H and O–H groups in total. The Kier molecular flexibility index (Phi) is 1.94. The zero-order valence-electron chi connectivity index (χ0n) is 6.60. The lowest BCUT2D eigenvalue weighted by Gasteiger charge is -2.11. The molecule has 0 spiro atoms. The van der Waals surface area contributed by atoms with Crippen LogP contribution < -0.4 is 5.32 Å². The molecule has 0 aromatic heterocycles. The number of rotatable bonds is 1. The molecule has 1 saturated heterocycles. The van der Waals surface area contributed by atoms with E-state index < -0.39 is 0 Å². The van der Waals surface area contributed by atoms with Gasteiger partial charge in [0.1, 0.15) is 0 Å². The first-order valence-corrected chi connectivity index (χ1v) is 4.67. The Balaban J connectivity index is 1.81. The van der Waals surface area contributed by atoms with Gasteiger partial charge in [0, 0.05) is 0 Å². The van der Waals surface area contributed by atoms with Gasteiger partial charge in [-0.1, -0.05) is 6.42 Å². The van der Waals surface area contributed by atoms with Crippen LogP contribution in [0.3, 0.4) is 0 Å². The van der Waals surface area contributed by atoms with Crippen molar-refractivity contribution in [1.82, 2.24) is 5.32 Å². The summed E-state index contributed by atoms with van der Waals surface area (Å²) in [5.74, 6) is 2.16. The Labute approximate surface area is 63.2 Å². The molecule has 0 radical (unpaired) electrons. The molecule has 1 nitrogen and oxygen atoms in total. The maximum absolute atomic E-state index is 3.52. The Morgan fingerprint density at radius 3 is 2.60 bits per heavy atom. The van der Waals surface area contributed by atoms with Gasteiger partial charge in [0.15, 0.2) is 0 Å². The van der Waals surface area contributed by atoms with Crippen LogP contribution in [0.5, 0.6) is 0 Å². The zero-order chi connectivity index (χ0) is 6.81. The first-order valence-electron chi connectivity index (χ1n) is 4.67. The molecule has 1 atom stereocenters. The van der Waals surface area contributed by atoms with Crippen LogP contribution in [0.15, 0.2) is 0 Å². The molecule has 2 aliphatic rings. The first kappa shape index (κ1) is 6.66. The van der Waals surface area contributed by atoms with E-state index in [1.165, 1.54) is 45.2 Å². The molecule has 1 aliphatic heterocycles. The highest BCUT2D eigenvalue weighted by Crippen LogP contribution is 2.39. The number of nitrogens with one attached hydrogen (secondary N) is 1. The summed E-state index contributed by atoms with van der Waals surface area (Å²) >= 11 is 0. The predicted octanol–water partition coefficient (Wildman–Crippen LogP) is 1.79. The Bertz CT molecular complexity index is 99.3. The van der Waals surface area contributed by atoms with Gasteiger partial charge in [-0.3, -0.25) is 0 Å². The highest BCUT2D eigenvalue weighted by Gasteiger charge is 2.30. The molecule has 0 bridgehead atoms. The van der Waals surface area contributed by atoms with E-state index in [4.69, 9.17) is 0 Å². The molecule has 1 aliphatic carbocycles. The fourth-order valence-electron chi connectivity index (χ4n) is 2.02. The van der Waals surface area contributed by atoms with Crippen molar-refractivity contribution in [2.45, 2.75) is 32.1 Å². The second-order valence-corrected chi connectivity index (χ2v) is 3.80. The van der Waals surface area contributed by atoms with Gasteiger partial charge in [-0.25, -0.2) is 0 Å². The Morgan fingerprint density at radius 2 is 1.80 bits per heavy atom. The average molecular weight is 139 g/mol. The van der Waals surface area contributed by atoms with Gasteiger partial charge in [0.05, 0.1) is 0 Å². The lowest BCUT2D eigenvalue weighted by molar-refractivity contribution is 0.425. The molecule has 1 heteroatoms. The fourth-order valence-corrected chi connectivity index (χ4v) is 2.02. The van der Waals surface area contributed by atoms with E-state index >= 15 is 0 Å². The van der Waals surface area contributed by atoms with Gasteiger partial charge < -0.3 is 5.32 Å². The predicted molar refractivity (Wildman–Crippen MR) is 42.9 cm³/mol. The lowest BCUT2D eigenvalue weighted by Crippen LogP contribution is -2.21. The summed E-state index contributed by atoms with van der Waals surface area (Å²) in [4.78, 5) is 0. The van der Waals surface area contributed by atoms with E-state index in [0.717, 1.165) is 11.8 Å². The van der Waals surface area contributed by atoms with Crippen molar-refractivity contribution in [2.75, 3.05) is 13.1 Å². The standard InChI is InChI=1S/C9H17N/c1-2-6-10-7-9(3-1)8-4-5-8/h8-10H,1-7H2. The molecule has 0 aromatic rings. The first-order chi connectivity index (χ1) is 4.97. The van der Waals surface area contributed by atoms with E-state index in [0.29, 0.717) is 0 Å². The van der Waals surface area contributed by atoms with Gasteiger partial charge in [0.25, 0.3) is 0 Å². The van der Waals surface area contributed by atoms with Crippen LogP contribution in [0.2, 0.25) is 0 Å². The van der Waals surface area contributed by atoms with Crippen molar-refractivity contribution < 1.29 is 0 Å². The van der Waals surface area contributed by atoms with Gasteiger partial charge in [-0.05, 0) is 50.6 Å². The van der Waals surface area contributed by atoms with E-state index in [1.807, 2.05) is 0 Å². The minimum Gasteiger partial charge on any atom is -0.316 e. The SMILES string of the molecule is C1CCC(C2CC2)CNC1. The van der Waals surface area contributed by atoms with E-state index in [-0.39, 0.29) is 0 Å². The molecule has 0 amide bonds. The van der Waals surface area contributed by atoms with Gasteiger partial charge in [0.2, 0.25) is 0 Å². The molecule has 0 aromatic carbocycles. The molecule has 1 saturated carbocycles. The molecule has 10 heavy (non-hydrogen) atoms. The number of hydrogen-bond donors (Lipinski definition) is 1. The van der Waals surface area contributed by atoms with Crippen molar-refractivity contribution >= 4 is 0 Å². The summed E-state index contributed by atoms with van der Waals surface area (Å²) in [5.41, 5.74) is 0. The molecular weight excluding hydrogens is 122 g/mol. The summed E-state index contributed by atoms with van der Waals surface area (Å²) in [5, 5.41) is 3.52. The van der Waals surface area contributed by atoms with E-state index in [2.05, 4.69) is 5.32 Å². The third-order valence-electron chi connectivity index (χ3n) is 2.87. The summed E-state index contributed by atoms with van der Waals surface area (Å²) in [6.45, 7) is 2.58. The van der Waals surface area contributed by atoms with E-state index in [1.54, 1.807) is 0 Å². The van der Waals surface area contributed by atoms with Crippen molar-refractivity contribution in [3.63, 3.8) is 0 Å². The van der Waals surface area contributed by atoms with Crippen LogP contribution in [0, 0.1) is 11.8 Å². The van der Waals surface area contributed by atoms with Crippen LogP contribution >= 0.6 is 0 Å². The average Bonchev–Trinajstić information content (AvgIpc) is 2.76. The summed E-state index contributed by atoms with van der Waals surface area (Å²) in [6, 6.07) is 0. The van der Waals surface area contributed by atoms with Crippen molar-refractivity contribution in [3.8, 4) is 0 Å². The third-order valence-corrected chi connectivity index (χ3v) is 2.87. The van der Waals surface area contributed by atoms with Gasteiger partial charge in [-0.2, -0.15) is 0 Å². The highest BCUT2D eigenvalue weighted by atomic mass is 14.9. The van der Waals surface area contributed by atoms with Crippen LogP contribution in [0.4, 0.5) is 0 Å². The van der Waals surface area contributed by atoms with Crippen LogP contribution in [-0.4, -0.2) is 13.1 Å². The maximum atomic E-state index is 3.52. The summed E-state index contributed by atoms with van der Waals surface area (Å²) in [7, 11) is 0. The molecule has 1 unspecified atom stereocenters. The van der Waals surface area contributed by atoms with Crippen molar-refractivity contribution in [2.24, 2.45) is 11.8 Å². The van der Waals surface area contributed by atoms with Crippen LogP contribution in [0.1, 0.15) is 32.1 Å². The third kappa shape index (κ3) is 1.51. The smallest absolute Gasteiger partial charge is 0.00179 e. The van der Waals surface area contributed by atoms with E-state index in [9.17, 15) is 0 Å². The summed E-state index contributed by atoms with van der Waals surface area (Å²) < 4.78 is 0. The second-order valence-electron chi connectivity index (χ2n) is 3.80. The molecular formula is C9H17N. The monoisotopic (exact) mass is 139 g/mol. The largest absolute Gasteiger partial charge is 0.316 e. The van der Waals surface area contributed by atoms with Crippen LogP contribution in [0.25, 0.3) is 0 Å². The van der Waals surface area contributed by atoms with Crippen molar-refractivity contribution in [3.05, 3.63) is 0 Å². The van der Waals surface area contributed by atoms with Crippen molar-refractivity contribution in [1.29, 1.82) is 0 Å². The normalized spacial score (nSPS) is 35.4. The topological polar surface area (TPSA) is 12.0 Å². The van der Waals surface area contributed by atoms with Gasteiger partial charge >= 0.3 is 0 Å². The molecule has 2 fully saturated rings. The van der Waals surface area contributed by atoms with Gasteiger partial charge in [-0.15, -0.1) is 0 Å². The number of hydrogen-bond acceptors (Lipinski definition) is 1. The minimum atomic E-state index is 1.04. The fraction of sp³-hybridized carbons (Fsp3) is 1.00. The molecule has 2 rings (SSSR count). The highest BCUT2D eigenvalue weighted by molar-refractivity contribution is 4.83. The minimum absolute atomic E-state index is 1.04. The Morgan fingerprint density at radius 1 is 0.900 bits per heavy atom. The second kappa shape index (κ2) is 2.91. The zero-order valence-corrected chi connectivity index (χ0v) is 6.60. The summed E-state index contributed by atoms with van der Waals surface area (Å²) in [6.07, 6.45) is 7.41. The lowest BCUT2D eigenvalue weighted by atomic mass is 9.98. The molecule has 1 heterocycles. The molecule has 58 valence electrons. The van der Waals surface area contributed by atoms with Crippen LogP contribution in [-0.2, 0) is 0 Å². The quantitative estimate of drug-likeness (QED) is 0.584.